The van der Waals surface area contributed by atoms with Crippen molar-refractivity contribution < 1.29 is 4.57 Å². The first kappa shape index (κ1) is 21.8. The van der Waals surface area contributed by atoms with Crippen molar-refractivity contribution in [2.24, 2.45) is 0 Å². The fourth-order valence-electron chi connectivity index (χ4n) is 7.02. The largest absolute Gasteiger partial charge is 0.251 e. The van der Waals surface area contributed by atoms with E-state index < -0.39 is 0 Å². The Morgan fingerprint density at radius 2 is 1.79 bits per heavy atom. The number of aryl methyl sites for hydroxylation is 1. The zero-order valence-corrected chi connectivity index (χ0v) is 21.4. The number of para-hydroxylation sites is 1. The van der Waals surface area contributed by atoms with Crippen LogP contribution in [0.25, 0.3) is 32.9 Å². The zero-order chi connectivity index (χ0) is 23.6. The Bertz CT molecular complexity index is 1430. The van der Waals surface area contributed by atoms with Crippen molar-refractivity contribution in [1.82, 2.24) is 4.98 Å². The van der Waals surface area contributed by atoms with Gasteiger partial charge in [-0.2, -0.15) is 4.57 Å². The highest BCUT2D eigenvalue weighted by atomic mass is 15.0. The average molecular weight is 450 g/mol. The lowest BCUT2D eigenvalue weighted by molar-refractivity contribution is -0.717. The van der Waals surface area contributed by atoms with Crippen LogP contribution < -0.4 is 4.57 Å². The van der Waals surface area contributed by atoms with Crippen molar-refractivity contribution in [3.63, 3.8) is 0 Å². The van der Waals surface area contributed by atoms with Gasteiger partial charge in [-0.15, -0.1) is 0 Å². The first-order valence-corrected chi connectivity index (χ1v) is 13.5. The third-order valence-electron chi connectivity index (χ3n) is 8.69. The van der Waals surface area contributed by atoms with Gasteiger partial charge in [0.15, 0.2) is 12.2 Å². The Balaban J connectivity index is 1.75. The standard InChI is InChI=1S/C32H37N2/c1-6-9-10-13-20-18-21-16-17-34-26(8-3)22(7-2)28-23-14-11-12-15-25(23)33-31-29(28)30(34)27(21)24(19-20)32(31,4)5/h11-12,14-19,22,26H,6-10,13H2,1-5H3/q+1. The number of fused-ring (bicyclic) bond motifs is 2. The molecule has 2 nitrogen and oxygen atoms in total. The predicted octanol–water partition coefficient (Wildman–Crippen LogP) is 8.17. The van der Waals surface area contributed by atoms with E-state index in [1.54, 1.807) is 5.56 Å². The monoisotopic (exact) mass is 449 g/mol. The molecule has 0 N–H and O–H groups in total. The van der Waals surface area contributed by atoms with E-state index in [0.29, 0.717) is 12.0 Å². The van der Waals surface area contributed by atoms with Crippen LogP contribution in [0.5, 0.6) is 0 Å². The maximum Gasteiger partial charge on any atom is 0.223 e. The topological polar surface area (TPSA) is 16.8 Å². The smallest absolute Gasteiger partial charge is 0.223 e. The molecule has 3 heterocycles. The van der Waals surface area contributed by atoms with Gasteiger partial charge in [-0.3, -0.25) is 4.98 Å². The fourth-order valence-corrected chi connectivity index (χ4v) is 7.02. The second-order valence-electron chi connectivity index (χ2n) is 11.0. The minimum atomic E-state index is -0.128. The Kier molecular flexibility index (Phi) is 5.06. The van der Waals surface area contributed by atoms with E-state index in [1.165, 1.54) is 63.5 Å². The van der Waals surface area contributed by atoms with Gasteiger partial charge in [0.1, 0.15) is 0 Å². The van der Waals surface area contributed by atoms with Gasteiger partial charge < -0.3 is 0 Å². The number of pyridine rings is 2. The van der Waals surface area contributed by atoms with Crippen LogP contribution in [0.1, 0.15) is 101 Å². The van der Waals surface area contributed by atoms with Crippen molar-refractivity contribution in [1.29, 1.82) is 0 Å². The first-order chi connectivity index (χ1) is 16.5. The van der Waals surface area contributed by atoms with Gasteiger partial charge in [0.05, 0.1) is 22.2 Å². The van der Waals surface area contributed by atoms with Crippen LogP contribution in [-0.2, 0) is 11.8 Å². The normalized spacial score (nSPS) is 19.7. The molecule has 2 aromatic carbocycles. The summed E-state index contributed by atoms with van der Waals surface area (Å²) in [5.74, 6) is 0.507. The lowest BCUT2D eigenvalue weighted by atomic mass is 9.67. The summed E-state index contributed by atoms with van der Waals surface area (Å²) >= 11 is 0. The first-order valence-electron chi connectivity index (χ1n) is 13.5. The molecule has 2 atom stereocenters. The summed E-state index contributed by atoms with van der Waals surface area (Å²) in [7, 11) is 0. The number of rotatable bonds is 6. The minimum Gasteiger partial charge on any atom is -0.251 e. The zero-order valence-electron chi connectivity index (χ0n) is 21.4. The van der Waals surface area contributed by atoms with E-state index in [-0.39, 0.29) is 5.41 Å². The molecule has 1 aliphatic heterocycles. The second kappa shape index (κ2) is 7.90. The summed E-state index contributed by atoms with van der Waals surface area (Å²) in [5, 5.41) is 4.22. The number of unbranched alkanes of at least 4 members (excludes halogenated alkanes) is 2. The molecular weight excluding hydrogens is 412 g/mol. The molecule has 0 spiro atoms. The predicted molar refractivity (Wildman–Crippen MR) is 143 cm³/mol. The quantitative estimate of drug-likeness (QED) is 0.214. The van der Waals surface area contributed by atoms with E-state index in [1.807, 2.05) is 0 Å². The summed E-state index contributed by atoms with van der Waals surface area (Å²) in [5.41, 5.74) is 9.64. The van der Waals surface area contributed by atoms with E-state index in [2.05, 4.69) is 87.8 Å². The SMILES string of the molecule is CCCCCc1cc2c3c4[n+](ccc3c1)C(CC)C(CC)c1c-4c(nc3ccccc13)C2(C)C. The average Bonchev–Trinajstić information content (AvgIpc) is 2.85. The number of benzene rings is 2. The molecule has 6 rings (SSSR count). The molecule has 0 radical (unpaired) electrons. The molecule has 2 heteroatoms. The van der Waals surface area contributed by atoms with Crippen molar-refractivity contribution in [2.45, 2.75) is 90.5 Å². The van der Waals surface area contributed by atoms with Crippen molar-refractivity contribution in [3.05, 3.63) is 71.0 Å². The lowest BCUT2D eigenvalue weighted by Crippen LogP contribution is -2.49. The molecule has 2 aliphatic rings. The number of hydrogen-bond acceptors (Lipinski definition) is 1. The molecule has 2 aromatic heterocycles. The van der Waals surface area contributed by atoms with Crippen LogP contribution in [0.15, 0.2) is 48.7 Å². The van der Waals surface area contributed by atoms with Gasteiger partial charge in [0.25, 0.3) is 0 Å². The van der Waals surface area contributed by atoms with Crippen LogP contribution in [0.3, 0.4) is 0 Å². The third-order valence-corrected chi connectivity index (χ3v) is 8.69. The van der Waals surface area contributed by atoms with Crippen LogP contribution in [0.2, 0.25) is 0 Å². The highest BCUT2D eigenvalue weighted by Crippen LogP contribution is 2.54. The summed E-state index contributed by atoms with van der Waals surface area (Å²) in [4.78, 5) is 5.40. The molecular formula is C32H37N2+. The molecule has 0 bridgehead atoms. The summed E-state index contributed by atoms with van der Waals surface area (Å²) in [6, 6.07) is 16.7. The highest BCUT2D eigenvalue weighted by molar-refractivity contribution is 6.04. The van der Waals surface area contributed by atoms with E-state index in [0.717, 1.165) is 24.8 Å². The Morgan fingerprint density at radius 1 is 0.971 bits per heavy atom. The Morgan fingerprint density at radius 3 is 2.56 bits per heavy atom. The van der Waals surface area contributed by atoms with Crippen LogP contribution in [-0.4, -0.2) is 4.98 Å². The molecule has 0 fully saturated rings. The molecule has 174 valence electrons. The van der Waals surface area contributed by atoms with Gasteiger partial charge in [0, 0.05) is 29.2 Å². The molecule has 2 unspecified atom stereocenters. The fraction of sp³-hybridized carbons (Fsp3) is 0.438. The van der Waals surface area contributed by atoms with Crippen molar-refractivity contribution in [2.75, 3.05) is 0 Å². The summed E-state index contributed by atoms with van der Waals surface area (Å²) < 4.78 is 2.62. The highest BCUT2D eigenvalue weighted by Gasteiger charge is 2.48. The Hall–Kier alpha value is -2.74. The molecule has 0 saturated heterocycles. The lowest BCUT2D eigenvalue weighted by Gasteiger charge is -2.39. The van der Waals surface area contributed by atoms with Gasteiger partial charge in [-0.05, 0) is 47.4 Å². The number of hydrogen-bond donors (Lipinski definition) is 0. The van der Waals surface area contributed by atoms with E-state index in [9.17, 15) is 0 Å². The molecule has 0 amide bonds. The Labute approximate surface area is 204 Å². The van der Waals surface area contributed by atoms with Crippen LogP contribution in [0, 0.1) is 0 Å². The molecule has 34 heavy (non-hydrogen) atoms. The maximum atomic E-state index is 5.40. The third kappa shape index (κ3) is 2.87. The maximum absolute atomic E-state index is 5.40. The molecule has 1 aliphatic carbocycles. The van der Waals surface area contributed by atoms with Crippen molar-refractivity contribution in [3.8, 4) is 11.3 Å². The van der Waals surface area contributed by atoms with Crippen LogP contribution >= 0.6 is 0 Å². The van der Waals surface area contributed by atoms with Gasteiger partial charge in [-0.1, -0.05) is 77.8 Å². The number of aromatic nitrogens is 2. The van der Waals surface area contributed by atoms with Gasteiger partial charge in [-0.25, -0.2) is 0 Å². The van der Waals surface area contributed by atoms with E-state index >= 15 is 0 Å². The van der Waals surface area contributed by atoms with Crippen LogP contribution in [0.4, 0.5) is 0 Å². The minimum absolute atomic E-state index is 0.128. The van der Waals surface area contributed by atoms with Crippen molar-refractivity contribution >= 4 is 21.7 Å². The van der Waals surface area contributed by atoms with Gasteiger partial charge >= 0.3 is 0 Å². The summed E-state index contributed by atoms with van der Waals surface area (Å²) in [6.07, 6.45) is 9.66. The van der Waals surface area contributed by atoms with E-state index in [4.69, 9.17) is 4.98 Å². The number of nitrogens with zero attached hydrogens (tertiary/aromatic N) is 2. The summed E-state index contributed by atoms with van der Waals surface area (Å²) in [6.45, 7) is 11.8. The molecule has 0 saturated carbocycles. The van der Waals surface area contributed by atoms with Gasteiger partial charge in [0.2, 0.25) is 5.69 Å². The molecule has 4 aromatic rings. The second-order valence-corrected chi connectivity index (χ2v) is 11.0.